The molecule has 2 atom stereocenters. The lowest BCUT2D eigenvalue weighted by molar-refractivity contribution is -0.0552. The van der Waals surface area contributed by atoms with E-state index >= 15 is 0 Å². The Hall–Kier alpha value is -0.0800. The number of hydrazine groups is 1. The van der Waals surface area contributed by atoms with Crippen molar-refractivity contribution in [2.45, 2.75) is 84.1 Å². The zero-order valence-corrected chi connectivity index (χ0v) is 14.2. The second-order valence-corrected chi connectivity index (χ2v) is 8.43. The standard InChI is InChI=1S/C19H36N2/c1-3-5-6-13(4-2)12-18(21-20)19-16-8-14-7-15(10-16)11-17(19)9-14/h13-19,21H,3-12,20H2,1-2H3. The van der Waals surface area contributed by atoms with Crippen LogP contribution in [0.5, 0.6) is 0 Å². The summed E-state index contributed by atoms with van der Waals surface area (Å²) in [5.74, 6) is 11.9. The molecular weight excluding hydrogens is 256 g/mol. The molecule has 4 saturated carbocycles. The van der Waals surface area contributed by atoms with Crippen LogP contribution in [0.4, 0.5) is 0 Å². The van der Waals surface area contributed by atoms with Crippen LogP contribution in [-0.2, 0) is 0 Å². The van der Waals surface area contributed by atoms with E-state index in [9.17, 15) is 0 Å². The predicted octanol–water partition coefficient (Wildman–Crippen LogP) is 4.50. The first-order valence-electron chi connectivity index (χ1n) is 9.71. The van der Waals surface area contributed by atoms with E-state index in [0.717, 1.165) is 35.5 Å². The Morgan fingerprint density at radius 1 is 1.00 bits per heavy atom. The van der Waals surface area contributed by atoms with Crippen LogP contribution < -0.4 is 11.3 Å². The van der Waals surface area contributed by atoms with Gasteiger partial charge in [-0.25, -0.2) is 0 Å². The summed E-state index contributed by atoms with van der Waals surface area (Å²) in [7, 11) is 0. The molecule has 122 valence electrons. The summed E-state index contributed by atoms with van der Waals surface area (Å²) in [6.07, 6.45) is 14.4. The van der Waals surface area contributed by atoms with Crippen molar-refractivity contribution in [3.8, 4) is 0 Å². The third-order valence-electron chi connectivity index (χ3n) is 7.11. The maximum absolute atomic E-state index is 6.03. The van der Waals surface area contributed by atoms with Gasteiger partial charge in [-0.2, -0.15) is 0 Å². The van der Waals surface area contributed by atoms with Crippen molar-refractivity contribution in [2.24, 2.45) is 41.4 Å². The largest absolute Gasteiger partial charge is 0.271 e. The summed E-state index contributed by atoms with van der Waals surface area (Å²) in [4.78, 5) is 0. The van der Waals surface area contributed by atoms with Crippen molar-refractivity contribution in [3.63, 3.8) is 0 Å². The third-order valence-corrected chi connectivity index (χ3v) is 7.11. The Bertz CT molecular complexity index is 300. The first kappa shape index (κ1) is 15.8. The van der Waals surface area contributed by atoms with Crippen LogP contribution in [0.15, 0.2) is 0 Å². The van der Waals surface area contributed by atoms with Gasteiger partial charge in [0.2, 0.25) is 0 Å². The molecule has 4 fully saturated rings. The summed E-state index contributed by atoms with van der Waals surface area (Å²) >= 11 is 0. The summed E-state index contributed by atoms with van der Waals surface area (Å²) < 4.78 is 0. The molecule has 0 aliphatic heterocycles. The lowest BCUT2D eigenvalue weighted by atomic mass is 9.50. The minimum Gasteiger partial charge on any atom is -0.271 e. The quantitative estimate of drug-likeness (QED) is 0.511. The van der Waals surface area contributed by atoms with Gasteiger partial charge in [0.1, 0.15) is 0 Å². The Balaban J connectivity index is 1.62. The van der Waals surface area contributed by atoms with Gasteiger partial charge in [-0.05, 0) is 74.0 Å². The lowest BCUT2D eigenvalue weighted by Gasteiger charge is -2.56. The molecule has 21 heavy (non-hydrogen) atoms. The fourth-order valence-electron chi connectivity index (χ4n) is 6.30. The van der Waals surface area contributed by atoms with E-state index in [1.165, 1.54) is 57.8 Å². The van der Waals surface area contributed by atoms with Crippen molar-refractivity contribution in [2.75, 3.05) is 0 Å². The van der Waals surface area contributed by atoms with E-state index in [1.54, 1.807) is 6.42 Å². The molecule has 0 amide bonds. The number of unbranched alkanes of at least 4 members (excludes halogenated alkanes) is 1. The number of hydrogen-bond acceptors (Lipinski definition) is 2. The molecule has 0 aromatic carbocycles. The maximum atomic E-state index is 6.03. The predicted molar refractivity (Wildman–Crippen MR) is 89.6 cm³/mol. The van der Waals surface area contributed by atoms with Gasteiger partial charge in [-0.15, -0.1) is 0 Å². The second-order valence-electron chi connectivity index (χ2n) is 8.43. The molecule has 0 saturated heterocycles. The molecule has 3 N–H and O–H groups in total. The monoisotopic (exact) mass is 292 g/mol. The Kier molecular flexibility index (Phi) is 5.27. The van der Waals surface area contributed by atoms with Crippen LogP contribution in [0.25, 0.3) is 0 Å². The molecule has 4 aliphatic carbocycles. The molecule has 0 aromatic heterocycles. The fraction of sp³-hybridized carbons (Fsp3) is 1.00. The minimum absolute atomic E-state index is 0.585. The highest BCUT2D eigenvalue weighted by atomic mass is 15.2. The lowest BCUT2D eigenvalue weighted by Crippen LogP contribution is -2.54. The summed E-state index contributed by atoms with van der Waals surface area (Å²) in [5, 5.41) is 0. The summed E-state index contributed by atoms with van der Waals surface area (Å²) in [6.45, 7) is 4.67. The van der Waals surface area contributed by atoms with Crippen molar-refractivity contribution in [3.05, 3.63) is 0 Å². The van der Waals surface area contributed by atoms with E-state index in [-0.39, 0.29) is 0 Å². The molecule has 2 nitrogen and oxygen atoms in total. The highest BCUT2D eigenvalue weighted by Gasteiger charge is 2.50. The topological polar surface area (TPSA) is 38.0 Å². The Morgan fingerprint density at radius 3 is 2.10 bits per heavy atom. The Morgan fingerprint density at radius 2 is 1.62 bits per heavy atom. The van der Waals surface area contributed by atoms with Gasteiger partial charge in [0.05, 0.1) is 0 Å². The summed E-state index contributed by atoms with van der Waals surface area (Å²) in [6, 6.07) is 0.585. The molecule has 0 aromatic rings. The van der Waals surface area contributed by atoms with E-state index in [1.807, 2.05) is 0 Å². The number of rotatable bonds is 8. The zero-order valence-electron chi connectivity index (χ0n) is 14.2. The van der Waals surface area contributed by atoms with E-state index < -0.39 is 0 Å². The van der Waals surface area contributed by atoms with Gasteiger partial charge >= 0.3 is 0 Å². The zero-order chi connectivity index (χ0) is 14.8. The number of hydrogen-bond donors (Lipinski definition) is 2. The van der Waals surface area contributed by atoms with Crippen molar-refractivity contribution >= 4 is 0 Å². The van der Waals surface area contributed by atoms with Crippen LogP contribution in [0.2, 0.25) is 0 Å². The fourth-order valence-corrected chi connectivity index (χ4v) is 6.30. The van der Waals surface area contributed by atoms with Crippen LogP contribution >= 0.6 is 0 Å². The SMILES string of the molecule is CCCCC(CC)CC(NN)C1C2CC3CC(C2)CC1C3. The van der Waals surface area contributed by atoms with Crippen molar-refractivity contribution in [1.29, 1.82) is 0 Å². The van der Waals surface area contributed by atoms with Gasteiger partial charge in [0.25, 0.3) is 0 Å². The highest BCUT2D eigenvalue weighted by molar-refractivity contribution is 5.01. The van der Waals surface area contributed by atoms with E-state index in [0.29, 0.717) is 6.04 Å². The van der Waals surface area contributed by atoms with Gasteiger partial charge < -0.3 is 0 Å². The molecule has 0 heterocycles. The normalized spacial score (nSPS) is 40.4. The minimum atomic E-state index is 0.585. The van der Waals surface area contributed by atoms with Crippen molar-refractivity contribution < 1.29 is 0 Å². The smallest absolute Gasteiger partial charge is 0.0246 e. The molecule has 2 heteroatoms. The molecule has 4 aliphatic rings. The molecule has 2 unspecified atom stereocenters. The van der Waals surface area contributed by atoms with Gasteiger partial charge in [-0.1, -0.05) is 39.5 Å². The molecular formula is C19H36N2. The summed E-state index contributed by atoms with van der Waals surface area (Å²) in [5.41, 5.74) is 3.27. The van der Waals surface area contributed by atoms with Gasteiger partial charge in [-0.3, -0.25) is 11.3 Å². The average Bonchev–Trinajstić information content (AvgIpc) is 2.48. The Labute approximate surface area is 131 Å². The van der Waals surface area contributed by atoms with E-state index in [4.69, 9.17) is 5.84 Å². The van der Waals surface area contributed by atoms with Crippen molar-refractivity contribution in [1.82, 2.24) is 5.43 Å². The van der Waals surface area contributed by atoms with Crippen LogP contribution in [0.3, 0.4) is 0 Å². The van der Waals surface area contributed by atoms with Gasteiger partial charge in [0.15, 0.2) is 0 Å². The maximum Gasteiger partial charge on any atom is 0.0246 e. The number of nitrogens with one attached hydrogen (secondary N) is 1. The van der Waals surface area contributed by atoms with Crippen LogP contribution in [0.1, 0.15) is 78.1 Å². The average molecular weight is 293 g/mol. The molecule has 0 spiro atoms. The number of nitrogens with two attached hydrogens (primary N) is 1. The molecule has 0 radical (unpaired) electrons. The highest BCUT2D eigenvalue weighted by Crippen LogP contribution is 2.57. The third kappa shape index (κ3) is 3.32. The van der Waals surface area contributed by atoms with Crippen LogP contribution in [0, 0.1) is 35.5 Å². The van der Waals surface area contributed by atoms with Gasteiger partial charge in [0, 0.05) is 6.04 Å². The van der Waals surface area contributed by atoms with E-state index in [2.05, 4.69) is 19.3 Å². The van der Waals surface area contributed by atoms with Crippen LogP contribution in [-0.4, -0.2) is 6.04 Å². The second kappa shape index (κ2) is 7.00. The molecule has 4 rings (SSSR count). The first-order chi connectivity index (χ1) is 10.2. The molecule has 4 bridgehead atoms. The first-order valence-corrected chi connectivity index (χ1v) is 9.71.